The monoisotopic (exact) mass is 483 g/mol. The first-order valence-corrected chi connectivity index (χ1v) is 10.7. The van der Waals surface area contributed by atoms with Crippen LogP contribution in [0.4, 0.5) is 15.8 Å². The maximum Gasteiger partial charge on any atom is 0.340 e. The van der Waals surface area contributed by atoms with Crippen LogP contribution in [-0.4, -0.2) is 50.2 Å². The van der Waals surface area contributed by atoms with Gasteiger partial charge in [-0.3, -0.25) is 9.59 Å². The summed E-state index contributed by atoms with van der Waals surface area (Å²) in [5.74, 6) is -1.78. The molecule has 1 heterocycles. The first-order chi connectivity index (χ1) is 16.7. The van der Waals surface area contributed by atoms with Crippen molar-refractivity contribution in [1.82, 2.24) is 4.98 Å². The molecule has 1 aromatic heterocycles. The second kappa shape index (κ2) is 11.3. The fourth-order valence-corrected chi connectivity index (χ4v) is 3.47. The molecule has 0 aliphatic carbocycles. The van der Waals surface area contributed by atoms with E-state index in [-0.39, 0.29) is 35.7 Å². The number of aromatic amines is 1. The van der Waals surface area contributed by atoms with E-state index < -0.39 is 23.6 Å². The number of hydrogen-bond donors (Lipinski definition) is 3. The Balaban J connectivity index is 1.79. The lowest BCUT2D eigenvalue weighted by Crippen LogP contribution is -2.16. The molecule has 0 spiro atoms. The Morgan fingerprint density at radius 1 is 0.971 bits per heavy atom. The van der Waals surface area contributed by atoms with Crippen LogP contribution in [0.2, 0.25) is 0 Å². The Bertz CT molecular complexity index is 1250. The number of carbonyl (C=O) groups is 3. The van der Waals surface area contributed by atoms with Gasteiger partial charge in [0, 0.05) is 24.1 Å². The predicted octanol–water partition coefficient (Wildman–Crippen LogP) is 4.09. The van der Waals surface area contributed by atoms with Gasteiger partial charge < -0.3 is 29.8 Å². The number of aromatic nitrogens is 1. The summed E-state index contributed by atoms with van der Waals surface area (Å²) in [5.41, 5.74) is 2.18. The molecule has 3 aromatic rings. The average molecular weight is 483 g/mol. The second-order valence-electron chi connectivity index (χ2n) is 7.59. The first-order valence-electron chi connectivity index (χ1n) is 10.7. The van der Waals surface area contributed by atoms with Crippen LogP contribution in [0, 0.1) is 19.7 Å². The number of anilines is 2. The zero-order chi connectivity index (χ0) is 25.5. The van der Waals surface area contributed by atoms with E-state index in [0.717, 1.165) is 6.07 Å². The molecule has 2 amide bonds. The lowest BCUT2D eigenvalue weighted by Gasteiger charge is -2.13. The summed E-state index contributed by atoms with van der Waals surface area (Å²) >= 11 is 0. The van der Waals surface area contributed by atoms with Gasteiger partial charge in [-0.2, -0.15) is 0 Å². The van der Waals surface area contributed by atoms with Crippen molar-refractivity contribution < 1.29 is 33.0 Å². The first kappa shape index (κ1) is 25.4. The zero-order valence-electron chi connectivity index (χ0n) is 19.8. The van der Waals surface area contributed by atoms with Crippen molar-refractivity contribution in [2.24, 2.45) is 0 Å². The average Bonchev–Trinajstić information content (AvgIpc) is 3.13. The Kier molecular flexibility index (Phi) is 8.21. The number of H-pyrrole nitrogens is 1. The highest BCUT2D eigenvalue weighted by atomic mass is 19.1. The summed E-state index contributed by atoms with van der Waals surface area (Å²) in [7, 11) is 2.93. The van der Waals surface area contributed by atoms with Gasteiger partial charge in [-0.05, 0) is 55.8 Å². The number of halogens is 1. The molecule has 35 heavy (non-hydrogen) atoms. The number of rotatable bonds is 9. The van der Waals surface area contributed by atoms with Crippen molar-refractivity contribution in [1.29, 1.82) is 0 Å². The van der Waals surface area contributed by atoms with Crippen LogP contribution in [-0.2, 0) is 9.47 Å². The summed E-state index contributed by atoms with van der Waals surface area (Å²) in [6.45, 7) is 3.67. The topological polar surface area (TPSA) is 119 Å². The number of ether oxygens (including phenoxy) is 3. The highest BCUT2D eigenvalue weighted by Gasteiger charge is 2.23. The van der Waals surface area contributed by atoms with Gasteiger partial charge in [-0.15, -0.1) is 0 Å². The third kappa shape index (κ3) is 6.04. The van der Waals surface area contributed by atoms with Crippen LogP contribution < -0.4 is 15.4 Å². The van der Waals surface area contributed by atoms with Crippen molar-refractivity contribution in [3.8, 4) is 5.75 Å². The number of benzene rings is 2. The van der Waals surface area contributed by atoms with Gasteiger partial charge in [0.05, 0.1) is 25.0 Å². The lowest BCUT2D eigenvalue weighted by atomic mass is 10.1. The minimum atomic E-state index is -0.556. The molecule has 0 aliphatic heterocycles. The van der Waals surface area contributed by atoms with Gasteiger partial charge in [0.25, 0.3) is 11.8 Å². The number of esters is 1. The Morgan fingerprint density at radius 2 is 1.74 bits per heavy atom. The number of amides is 2. The molecule has 0 radical (unpaired) electrons. The smallest absolute Gasteiger partial charge is 0.340 e. The van der Waals surface area contributed by atoms with E-state index in [2.05, 4.69) is 15.6 Å². The summed E-state index contributed by atoms with van der Waals surface area (Å²) in [4.78, 5) is 40.8. The molecule has 0 bridgehead atoms. The second-order valence-corrected chi connectivity index (χ2v) is 7.59. The minimum absolute atomic E-state index is 0.0941. The summed E-state index contributed by atoms with van der Waals surface area (Å²) in [5, 5.41) is 5.40. The SMILES string of the molecule is COCCOC(=O)c1c(C)[nH]c(C(=O)Nc2ccc(OC)c(NC(=O)c3cccc(F)c3)c2)c1C. The normalized spacial score (nSPS) is 10.5. The van der Waals surface area contributed by atoms with Gasteiger partial charge in [0.15, 0.2) is 0 Å². The fourth-order valence-electron chi connectivity index (χ4n) is 3.47. The Labute approximate surface area is 201 Å². The molecule has 0 saturated carbocycles. The van der Waals surface area contributed by atoms with Crippen LogP contribution in [0.25, 0.3) is 0 Å². The van der Waals surface area contributed by atoms with Crippen LogP contribution in [0.5, 0.6) is 5.75 Å². The van der Waals surface area contributed by atoms with E-state index in [1.165, 1.54) is 38.5 Å². The highest BCUT2D eigenvalue weighted by Crippen LogP contribution is 2.29. The predicted molar refractivity (Wildman–Crippen MR) is 128 cm³/mol. The number of nitrogens with one attached hydrogen (secondary N) is 3. The van der Waals surface area contributed by atoms with Crippen molar-refractivity contribution in [3.63, 3.8) is 0 Å². The van der Waals surface area contributed by atoms with E-state index in [9.17, 15) is 18.8 Å². The van der Waals surface area contributed by atoms with Gasteiger partial charge in [-0.1, -0.05) is 6.07 Å². The lowest BCUT2D eigenvalue weighted by molar-refractivity contribution is 0.0386. The molecule has 184 valence electrons. The molecule has 3 N–H and O–H groups in total. The van der Waals surface area contributed by atoms with Crippen LogP contribution in [0.3, 0.4) is 0 Å². The summed E-state index contributed by atoms with van der Waals surface area (Å²) in [6, 6.07) is 9.94. The van der Waals surface area contributed by atoms with Crippen molar-refractivity contribution in [3.05, 3.63) is 76.4 Å². The van der Waals surface area contributed by atoms with Gasteiger partial charge in [0.1, 0.15) is 23.9 Å². The molecule has 2 aromatic carbocycles. The third-order valence-corrected chi connectivity index (χ3v) is 5.18. The van der Waals surface area contributed by atoms with Crippen molar-refractivity contribution in [2.45, 2.75) is 13.8 Å². The van der Waals surface area contributed by atoms with Crippen molar-refractivity contribution >= 4 is 29.2 Å². The standard InChI is InChI=1S/C25H26FN3O6/c1-14-21(25(32)35-11-10-33-3)15(2)27-22(14)24(31)28-18-8-9-20(34-4)19(13-18)29-23(30)16-6-5-7-17(26)12-16/h5-9,12-13,27H,10-11H2,1-4H3,(H,28,31)(H,29,30). The molecule has 9 nitrogen and oxygen atoms in total. The van der Waals surface area contributed by atoms with Crippen molar-refractivity contribution in [2.75, 3.05) is 38.1 Å². The molecule has 0 atom stereocenters. The van der Waals surface area contributed by atoms with Crippen LogP contribution in [0.1, 0.15) is 42.5 Å². The largest absolute Gasteiger partial charge is 0.495 e. The number of methoxy groups -OCH3 is 2. The molecular formula is C25H26FN3O6. The van der Waals surface area contributed by atoms with Gasteiger partial charge in [0.2, 0.25) is 0 Å². The fraction of sp³-hybridized carbons (Fsp3) is 0.240. The molecular weight excluding hydrogens is 457 g/mol. The number of carbonyl (C=O) groups excluding carboxylic acids is 3. The minimum Gasteiger partial charge on any atom is -0.495 e. The Hall–Kier alpha value is -4.18. The maximum atomic E-state index is 13.5. The third-order valence-electron chi connectivity index (χ3n) is 5.18. The van der Waals surface area contributed by atoms with E-state index in [1.54, 1.807) is 26.0 Å². The number of hydrogen-bond acceptors (Lipinski definition) is 6. The summed E-state index contributed by atoms with van der Waals surface area (Å²) < 4.78 is 28.8. The maximum absolute atomic E-state index is 13.5. The van der Waals surface area contributed by atoms with Crippen LogP contribution >= 0.6 is 0 Å². The zero-order valence-corrected chi connectivity index (χ0v) is 19.8. The molecule has 0 fully saturated rings. The quantitative estimate of drug-likeness (QED) is 0.312. The highest BCUT2D eigenvalue weighted by molar-refractivity contribution is 6.08. The Morgan fingerprint density at radius 3 is 2.43 bits per heavy atom. The van der Waals surface area contributed by atoms with Gasteiger partial charge >= 0.3 is 5.97 Å². The molecule has 3 rings (SSSR count). The molecule has 0 aliphatic rings. The molecule has 0 saturated heterocycles. The van der Waals surface area contributed by atoms with E-state index in [4.69, 9.17) is 14.2 Å². The van der Waals surface area contributed by atoms with E-state index >= 15 is 0 Å². The molecule has 10 heteroatoms. The molecule has 0 unspecified atom stereocenters. The van der Waals surface area contributed by atoms with Crippen LogP contribution in [0.15, 0.2) is 42.5 Å². The summed E-state index contributed by atoms with van der Waals surface area (Å²) in [6.07, 6.45) is 0. The van der Waals surface area contributed by atoms with E-state index in [0.29, 0.717) is 22.7 Å². The number of aryl methyl sites for hydroxylation is 1. The van der Waals surface area contributed by atoms with Gasteiger partial charge in [-0.25, -0.2) is 9.18 Å². The van der Waals surface area contributed by atoms with E-state index in [1.807, 2.05) is 0 Å².